The number of nitrogens with zero attached hydrogens (tertiary/aromatic N) is 3. The molecule has 1 saturated heterocycles. The normalized spacial score (nSPS) is 13.8. The summed E-state index contributed by atoms with van der Waals surface area (Å²) in [5, 5.41) is 0. The van der Waals surface area contributed by atoms with E-state index in [0.29, 0.717) is 37.5 Å². The van der Waals surface area contributed by atoms with E-state index in [4.69, 9.17) is 9.15 Å². The smallest absolute Gasteiger partial charge is 0.339 e. The standard InChI is InChI=1S/C23H23N3O4S/c27-22(26-13-11-25(12-14-26)21-9-3-4-10-24-21)16-30-23(28)19-7-1-2-8-20(19)31-17-18-6-5-15-29-18/h1-10,15H,11-14,16-17H2. The summed E-state index contributed by atoms with van der Waals surface area (Å²) >= 11 is 1.49. The van der Waals surface area contributed by atoms with Crippen LogP contribution in [0.5, 0.6) is 0 Å². The van der Waals surface area contributed by atoms with Crippen molar-refractivity contribution in [3.8, 4) is 0 Å². The van der Waals surface area contributed by atoms with Gasteiger partial charge in [0.25, 0.3) is 5.91 Å². The quantitative estimate of drug-likeness (QED) is 0.414. The Morgan fingerprint density at radius 1 is 1.00 bits per heavy atom. The van der Waals surface area contributed by atoms with Crippen LogP contribution in [0.3, 0.4) is 0 Å². The Bertz CT molecular complexity index is 1000. The first-order valence-electron chi connectivity index (χ1n) is 10.1. The minimum Gasteiger partial charge on any atom is -0.468 e. The largest absolute Gasteiger partial charge is 0.468 e. The molecule has 3 aromatic rings. The van der Waals surface area contributed by atoms with Crippen molar-refractivity contribution in [2.45, 2.75) is 10.6 Å². The van der Waals surface area contributed by atoms with Gasteiger partial charge in [-0.15, -0.1) is 11.8 Å². The summed E-state index contributed by atoms with van der Waals surface area (Å²) in [6, 6.07) is 16.7. The van der Waals surface area contributed by atoms with E-state index in [9.17, 15) is 9.59 Å². The van der Waals surface area contributed by atoms with Gasteiger partial charge in [-0.2, -0.15) is 0 Å². The molecule has 1 aliphatic rings. The van der Waals surface area contributed by atoms with Crippen LogP contribution in [0.1, 0.15) is 16.1 Å². The maximum atomic E-state index is 12.6. The Balaban J connectivity index is 1.27. The van der Waals surface area contributed by atoms with Crippen LogP contribution >= 0.6 is 11.8 Å². The highest BCUT2D eigenvalue weighted by Gasteiger charge is 2.23. The fraction of sp³-hybridized carbons (Fsp3) is 0.261. The van der Waals surface area contributed by atoms with Gasteiger partial charge >= 0.3 is 5.97 Å². The molecule has 2 aromatic heterocycles. The van der Waals surface area contributed by atoms with E-state index in [2.05, 4.69) is 9.88 Å². The zero-order valence-corrected chi connectivity index (χ0v) is 17.8. The van der Waals surface area contributed by atoms with Gasteiger partial charge < -0.3 is 19.0 Å². The molecule has 0 bridgehead atoms. The lowest BCUT2D eigenvalue weighted by Gasteiger charge is -2.35. The molecule has 1 fully saturated rings. The number of furan rings is 1. The molecule has 0 spiro atoms. The number of rotatable bonds is 7. The first kappa shape index (κ1) is 21.0. The summed E-state index contributed by atoms with van der Waals surface area (Å²) in [7, 11) is 0. The molecule has 1 aromatic carbocycles. The zero-order valence-electron chi connectivity index (χ0n) is 17.0. The first-order chi connectivity index (χ1) is 15.2. The lowest BCUT2D eigenvalue weighted by Crippen LogP contribution is -2.50. The third kappa shape index (κ3) is 5.46. The number of amides is 1. The Morgan fingerprint density at radius 3 is 2.55 bits per heavy atom. The highest BCUT2D eigenvalue weighted by Crippen LogP contribution is 2.27. The van der Waals surface area contributed by atoms with E-state index in [0.717, 1.165) is 16.5 Å². The second-order valence-corrected chi connectivity index (χ2v) is 8.01. The van der Waals surface area contributed by atoms with Crippen LogP contribution in [0.2, 0.25) is 0 Å². The van der Waals surface area contributed by atoms with Gasteiger partial charge in [0.05, 0.1) is 17.6 Å². The van der Waals surface area contributed by atoms with Crippen LogP contribution in [0.25, 0.3) is 0 Å². The number of hydrogen-bond acceptors (Lipinski definition) is 7. The number of hydrogen-bond donors (Lipinski definition) is 0. The molecular weight excluding hydrogens is 414 g/mol. The average molecular weight is 438 g/mol. The van der Waals surface area contributed by atoms with Crippen LogP contribution < -0.4 is 4.90 Å². The third-order valence-electron chi connectivity index (χ3n) is 4.99. The summed E-state index contributed by atoms with van der Waals surface area (Å²) in [6.07, 6.45) is 3.38. The van der Waals surface area contributed by atoms with Gasteiger partial charge in [0.1, 0.15) is 11.6 Å². The number of piperazine rings is 1. The number of carbonyl (C=O) groups is 2. The minimum absolute atomic E-state index is 0.185. The number of aromatic nitrogens is 1. The molecule has 8 heteroatoms. The Kier molecular flexibility index (Phi) is 6.89. The molecule has 4 rings (SSSR count). The summed E-state index contributed by atoms with van der Waals surface area (Å²) in [4.78, 5) is 34.2. The zero-order chi connectivity index (χ0) is 21.5. The monoisotopic (exact) mass is 437 g/mol. The molecule has 0 unspecified atom stereocenters. The minimum atomic E-state index is -0.497. The predicted molar refractivity (Wildman–Crippen MR) is 118 cm³/mol. The number of pyridine rings is 1. The van der Waals surface area contributed by atoms with Crippen molar-refractivity contribution in [2.24, 2.45) is 0 Å². The molecule has 0 atom stereocenters. The lowest BCUT2D eigenvalue weighted by molar-refractivity contribution is -0.134. The van der Waals surface area contributed by atoms with Crippen molar-refractivity contribution in [2.75, 3.05) is 37.7 Å². The molecule has 0 radical (unpaired) electrons. The predicted octanol–water partition coefficient (Wildman–Crippen LogP) is 3.47. The van der Waals surface area contributed by atoms with E-state index in [1.54, 1.807) is 29.5 Å². The van der Waals surface area contributed by atoms with Crippen molar-refractivity contribution >= 4 is 29.5 Å². The highest BCUT2D eigenvalue weighted by atomic mass is 32.2. The van der Waals surface area contributed by atoms with E-state index in [1.807, 2.05) is 42.5 Å². The molecule has 0 N–H and O–H groups in total. The molecule has 160 valence electrons. The topological polar surface area (TPSA) is 75.9 Å². The molecule has 0 aliphatic carbocycles. The van der Waals surface area contributed by atoms with Crippen molar-refractivity contribution in [1.82, 2.24) is 9.88 Å². The second-order valence-electron chi connectivity index (χ2n) is 7.00. The van der Waals surface area contributed by atoms with Crippen LogP contribution in [0.15, 0.2) is 76.4 Å². The van der Waals surface area contributed by atoms with Crippen molar-refractivity contribution in [3.05, 3.63) is 78.4 Å². The maximum Gasteiger partial charge on any atom is 0.339 e. The number of benzene rings is 1. The Morgan fingerprint density at radius 2 is 1.81 bits per heavy atom. The molecule has 1 aliphatic heterocycles. The first-order valence-corrected chi connectivity index (χ1v) is 11.0. The molecule has 3 heterocycles. The maximum absolute atomic E-state index is 12.6. The SMILES string of the molecule is O=C(OCC(=O)N1CCN(c2ccccn2)CC1)c1ccccc1SCc1ccco1. The number of thioether (sulfide) groups is 1. The molecule has 31 heavy (non-hydrogen) atoms. The fourth-order valence-corrected chi connectivity index (χ4v) is 4.27. The van der Waals surface area contributed by atoms with E-state index in [-0.39, 0.29) is 12.5 Å². The summed E-state index contributed by atoms with van der Waals surface area (Å²) in [5.41, 5.74) is 0.451. The molecule has 7 nitrogen and oxygen atoms in total. The average Bonchev–Trinajstić information content (AvgIpc) is 3.35. The van der Waals surface area contributed by atoms with Crippen LogP contribution in [-0.2, 0) is 15.3 Å². The highest BCUT2D eigenvalue weighted by molar-refractivity contribution is 7.98. The van der Waals surface area contributed by atoms with Gasteiger partial charge in [0.15, 0.2) is 6.61 Å². The van der Waals surface area contributed by atoms with E-state index in [1.165, 1.54) is 11.8 Å². The van der Waals surface area contributed by atoms with Gasteiger partial charge in [-0.3, -0.25) is 4.79 Å². The lowest BCUT2D eigenvalue weighted by atomic mass is 10.2. The number of anilines is 1. The van der Waals surface area contributed by atoms with Gasteiger partial charge in [-0.25, -0.2) is 9.78 Å². The number of esters is 1. The van der Waals surface area contributed by atoms with Crippen molar-refractivity contribution in [1.29, 1.82) is 0 Å². The van der Waals surface area contributed by atoms with Crippen LogP contribution in [0.4, 0.5) is 5.82 Å². The fourth-order valence-electron chi connectivity index (χ4n) is 3.33. The summed E-state index contributed by atoms with van der Waals surface area (Å²) in [5.74, 6) is 1.66. The van der Waals surface area contributed by atoms with Gasteiger partial charge in [0.2, 0.25) is 0 Å². The Labute approximate surface area is 185 Å². The molecule has 1 amide bonds. The Hall–Kier alpha value is -3.26. The van der Waals surface area contributed by atoms with Crippen LogP contribution in [0, 0.1) is 0 Å². The van der Waals surface area contributed by atoms with Gasteiger partial charge in [0, 0.05) is 37.3 Å². The molecular formula is C23H23N3O4S. The summed E-state index contributed by atoms with van der Waals surface area (Å²) < 4.78 is 10.7. The number of carbonyl (C=O) groups excluding carboxylic acids is 2. The third-order valence-corrected chi connectivity index (χ3v) is 6.09. The van der Waals surface area contributed by atoms with Crippen LogP contribution in [-0.4, -0.2) is 54.5 Å². The summed E-state index contributed by atoms with van der Waals surface area (Å²) in [6.45, 7) is 2.27. The van der Waals surface area contributed by atoms with Crippen molar-refractivity contribution < 1.29 is 18.7 Å². The van der Waals surface area contributed by atoms with Crippen molar-refractivity contribution in [3.63, 3.8) is 0 Å². The number of ether oxygens (including phenoxy) is 1. The molecule has 0 saturated carbocycles. The van der Waals surface area contributed by atoms with Gasteiger partial charge in [-0.05, 0) is 36.4 Å². The van der Waals surface area contributed by atoms with Gasteiger partial charge in [-0.1, -0.05) is 18.2 Å². The van der Waals surface area contributed by atoms with E-state index < -0.39 is 5.97 Å². The van der Waals surface area contributed by atoms with E-state index >= 15 is 0 Å². The second kappa shape index (κ2) is 10.2.